The Bertz CT molecular complexity index is 273. The molecule has 0 amide bonds. The van der Waals surface area contributed by atoms with Gasteiger partial charge in [-0.25, -0.2) is 0 Å². The monoisotopic (exact) mass is 337 g/mol. The third-order valence-corrected chi connectivity index (χ3v) is 5.62. The molecule has 0 aliphatic carbocycles. The summed E-state index contributed by atoms with van der Waals surface area (Å²) >= 11 is 0. The first-order valence-electron chi connectivity index (χ1n) is 10.9. The Balaban J connectivity index is 3.51. The standard InChI is InChI=1S/C23H45O/c1-6-7-8-12-20(2)13-9-14-21(3)15-10-16-22(4)17-11-18-23(5)19-24/h20-23H,6-18H2,1-5H3. The third-order valence-electron chi connectivity index (χ3n) is 5.62. The second-order valence-electron chi connectivity index (χ2n) is 8.62. The molecule has 0 aromatic rings. The molecule has 0 bridgehead atoms. The second-order valence-corrected chi connectivity index (χ2v) is 8.62. The maximum Gasteiger partial charge on any atom is 0.201 e. The maximum atomic E-state index is 10.5. The molecule has 143 valence electrons. The third kappa shape index (κ3) is 15.2. The van der Waals surface area contributed by atoms with Crippen LogP contribution in [0.5, 0.6) is 0 Å². The van der Waals surface area contributed by atoms with Gasteiger partial charge in [-0.1, -0.05) is 112 Å². The van der Waals surface area contributed by atoms with Crippen molar-refractivity contribution in [3.63, 3.8) is 0 Å². The van der Waals surface area contributed by atoms with Crippen LogP contribution in [-0.4, -0.2) is 6.29 Å². The van der Waals surface area contributed by atoms with Gasteiger partial charge in [0.1, 0.15) is 0 Å². The van der Waals surface area contributed by atoms with Gasteiger partial charge in [-0.05, 0) is 24.2 Å². The summed E-state index contributed by atoms with van der Waals surface area (Å²) in [6, 6.07) is 0. The van der Waals surface area contributed by atoms with Crippen LogP contribution in [0.2, 0.25) is 0 Å². The van der Waals surface area contributed by atoms with Crippen molar-refractivity contribution in [2.24, 2.45) is 23.7 Å². The first-order valence-corrected chi connectivity index (χ1v) is 10.9. The fourth-order valence-corrected chi connectivity index (χ4v) is 3.64. The smallest absolute Gasteiger partial charge is 0.201 e. The second kappa shape index (κ2) is 16.2. The van der Waals surface area contributed by atoms with Crippen LogP contribution in [0.3, 0.4) is 0 Å². The van der Waals surface area contributed by atoms with E-state index in [1.54, 1.807) is 0 Å². The van der Waals surface area contributed by atoms with Gasteiger partial charge in [-0.15, -0.1) is 0 Å². The Morgan fingerprint density at radius 3 is 1.33 bits per heavy atom. The van der Waals surface area contributed by atoms with Crippen molar-refractivity contribution in [2.45, 2.75) is 118 Å². The highest BCUT2D eigenvalue weighted by Gasteiger charge is 2.08. The minimum Gasteiger partial charge on any atom is -0.291 e. The van der Waals surface area contributed by atoms with Gasteiger partial charge in [0.2, 0.25) is 6.29 Å². The van der Waals surface area contributed by atoms with Crippen molar-refractivity contribution >= 4 is 6.29 Å². The summed E-state index contributed by atoms with van der Waals surface area (Å²) in [5.74, 6) is 2.76. The molecule has 0 saturated heterocycles. The lowest BCUT2D eigenvalue weighted by Gasteiger charge is -2.16. The zero-order valence-electron chi connectivity index (χ0n) is 17.4. The van der Waals surface area contributed by atoms with Crippen LogP contribution in [0, 0.1) is 23.7 Å². The predicted molar refractivity (Wildman–Crippen MR) is 108 cm³/mol. The van der Waals surface area contributed by atoms with Crippen molar-refractivity contribution in [1.82, 2.24) is 0 Å². The molecule has 0 aliphatic rings. The molecule has 0 aromatic carbocycles. The summed E-state index contributed by atoms with van der Waals surface area (Å²) in [5, 5.41) is 0. The molecule has 1 heteroatoms. The zero-order chi connectivity index (χ0) is 18.2. The van der Waals surface area contributed by atoms with Crippen molar-refractivity contribution in [3.8, 4) is 0 Å². The van der Waals surface area contributed by atoms with E-state index in [4.69, 9.17) is 0 Å². The number of unbranched alkanes of at least 4 members (excludes halogenated alkanes) is 2. The normalized spacial score (nSPS) is 16.5. The summed E-state index contributed by atoms with van der Waals surface area (Å²) in [6.07, 6.45) is 19.6. The van der Waals surface area contributed by atoms with E-state index in [1.807, 2.05) is 6.92 Å². The highest BCUT2D eigenvalue weighted by molar-refractivity contribution is 5.53. The number of rotatable bonds is 17. The molecule has 0 aromatic heterocycles. The zero-order valence-corrected chi connectivity index (χ0v) is 17.4. The van der Waals surface area contributed by atoms with Gasteiger partial charge in [0.05, 0.1) is 0 Å². The van der Waals surface area contributed by atoms with Crippen LogP contribution in [0.25, 0.3) is 0 Å². The number of hydrogen-bond donors (Lipinski definition) is 0. The SMILES string of the molecule is CCCCCC(C)CCCC(C)CCCC(C)CCCC(C)[C]=O. The molecular weight excluding hydrogens is 292 g/mol. The molecule has 4 unspecified atom stereocenters. The van der Waals surface area contributed by atoms with E-state index in [0.29, 0.717) is 0 Å². The topological polar surface area (TPSA) is 17.1 Å². The molecule has 0 saturated carbocycles. The molecule has 0 fully saturated rings. The van der Waals surface area contributed by atoms with Gasteiger partial charge in [-0.2, -0.15) is 0 Å². The van der Waals surface area contributed by atoms with Gasteiger partial charge in [-0.3, -0.25) is 4.79 Å². The van der Waals surface area contributed by atoms with Crippen molar-refractivity contribution < 1.29 is 4.79 Å². The van der Waals surface area contributed by atoms with Crippen LogP contribution in [0.1, 0.15) is 118 Å². The molecule has 0 rings (SSSR count). The highest BCUT2D eigenvalue weighted by Crippen LogP contribution is 2.23. The Hall–Kier alpha value is -0.330. The minimum atomic E-state index is 0.126. The highest BCUT2D eigenvalue weighted by atomic mass is 16.1. The van der Waals surface area contributed by atoms with E-state index in [2.05, 4.69) is 34.0 Å². The fourth-order valence-electron chi connectivity index (χ4n) is 3.64. The first-order chi connectivity index (χ1) is 11.5. The predicted octanol–water partition coefficient (Wildman–Crippen LogP) is 7.73. The summed E-state index contributed by atoms with van der Waals surface area (Å²) in [4.78, 5) is 10.5. The van der Waals surface area contributed by atoms with Crippen molar-refractivity contribution in [3.05, 3.63) is 0 Å². The van der Waals surface area contributed by atoms with Gasteiger partial charge in [0.15, 0.2) is 0 Å². The molecular formula is C23H45O. The van der Waals surface area contributed by atoms with Gasteiger partial charge >= 0.3 is 0 Å². The van der Waals surface area contributed by atoms with E-state index >= 15 is 0 Å². The first kappa shape index (κ1) is 23.7. The summed E-state index contributed by atoms with van der Waals surface area (Å²) in [6.45, 7) is 11.5. The van der Waals surface area contributed by atoms with E-state index < -0.39 is 0 Å². The lowest BCUT2D eigenvalue weighted by Crippen LogP contribution is -2.02. The lowest BCUT2D eigenvalue weighted by molar-refractivity contribution is 0.373. The summed E-state index contributed by atoms with van der Waals surface area (Å²) in [5.41, 5.74) is 0. The Morgan fingerprint density at radius 2 is 0.958 bits per heavy atom. The molecule has 0 aliphatic heterocycles. The van der Waals surface area contributed by atoms with Gasteiger partial charge in [0.25, 0.3) is 0 Å². The molecule has 4 atom stereocenters. The summed E-state index contributed by atoms with van der Waals surface area (Å²) in [7, 11) is 0. The quantitative estimate of drug-likeness (QED) is 0.248. The van der Waals surface area contributed by atoms with Crippen molar-refractivity contribution in [1.29, 1.82) is 0 Å². The average Bonchev–Trinajstić information content (AvgIpc) is 2.55. The van der Waals surface area contributed by atoms with Crippen LogP contribution in [0.4, 0.5) is 0 Å². The van der Waals surface area contributed by atoms with Crippen LogP contribution in [0.15, 0.2) is 0 Å². The van der Waals surface area contributed by atoms with Crippen LogP contribution < -0.4 is 0 Å². The molecule has 1 nitrogen and oxygen atoms in total. The van der Waals surface area contributed by atoms with E-state index in [-0.39, 0.29) is 5.92 Å². The molecule has 0 heterocycles. The largest absolute Gasteiger partial charge is 0.291 e. The maximum absolute atomic E-state index is 10.5. The average molecular weight is 338 g/mol. The van der Waals surface area contributed by atoms with Gasteiger partial charge < -0.3 is 0 Å². The van der Waals surface area contributed by atoms with Crippen LogP contribution in [-0.2, 0) is 4.79 Å². The minimum absolute atomic E-state index is 0.126. The summed E-state index contributed by atoms with van der Waals surface area (Å²) < 4.78 is 0. The fraction of sp³-hybridized carbons (Fsp3) is 0.957. The van der Waals surface area contributed by atoms with Crippen LogP contribution >= 0.6 is 0 Å². The van der Waals surface area contributed by atoms with Gasteiger partial charge in [0, 0.05) is 5.92 Å². The molecule has 24 heavy (non-hydrogen) atoms. The van der Waals surface area contributed by atoms with Crippen molar-refractivity contribution in [2.75, 3.05) is 0 Å². The molecule has 1 radical (unpaired) electrons. The molecule has 0 N–H and O–H groups in total. The van der Waals surface area contributed by atoms with E-state index in [9.17, 15) is 4.79 Å². The number of carbonyl (C=O) groups excluding carboxylic acids is 1. The van der Waals surface area contributed by atoms with E-state index in [0.717, 1.165) is 24.2 Å². The molecule has 0 spiro atoms. The number of hydrogen-bond acceptors (Lipinski definition) is 1. The lowest BCUT2D eigenvalue weighted by atomic mass is 9.90. The Kier molecular flexibility index (Phi) is 15.9. The Labute approximate surface area is 153 Å². The van der Waals surface area contributed by atoms with E-state index in [1.165, 1.54) is 77.0 Å². The Morgan fingerprint density at radius 1 is 0.583 bits per heavy atom.